The minimum Gasteiger partial charge on any atom is -0.308 e. The monoisotopic (exact) mass is 372 g/mol. The van der Waals surface area contributed by atoms with E-state index >= 15 is 0 Å². The first-order chi connectivity index (χ1) is 8.74. The largest absolute Gasteiger partial charge is 0.308 e. The molecule has 1 unspecified atom stereocenters. The average molecular weight is 372 g/mol. The average Bonchev–Trinajstić information content (AvgIpc) is 2.81. The summed E-state index contributed by atoms with van der Waals surface area (Å²) in [6.45, 7) is 3.12. The van der Waals surface area contributed by atoms with E-state index in [1.54, 1.807) is 11.3 Å². The van der Waals surface area contributed by atoms with E-state index in [1.807, 2.05) is 6.20 Å². The third-order valence-corrected chi connectivity index (χ3v) is 4.56. The molecular weight excluding hydrogens is 355 g/mol. The van der Waals surface area contributed by atoms with Crippen LogP contribution in [0.25, 0.3) is 0 Å². The summed E-state index contributed by atoms with van der Waals surface area (Å²) in [5.74, 6) is 0. The van der Waals surface area contributed by atoms with Gasteiger partial charge in [-0.1, -0.05) is 30.3 Å². The standard InChI is InChI=1S/C14H17IN2S/c1-11(7-8-12-5-3-2-4-6-12)16-10-14-17-9-13(15)18-14/h2-6,9,11,16H,7-8,10H2,1H3. The SMILES string of the molecule is CC(CCc1ccccc1)NCc1ncc(I)s1. The van der Waals surface area contributed by atoms with Gasteiger partial charge in [0.2, 0.25) is 0 Å². The third kappa shape index (κ3) is 4.66. The summed E-state index contributed by atoms with van der Waals surface area (Å²) in [5, 5.41) is 4.70. The predicted molar refractivity (Wildman–Crippen MR) is 85.9 cm³/mol. The fraction of sp³-hybridized carbons (Fsp3) is 0.357. The molecule has 1 heterocycles. The number of nitrogens with one attached hydrogen (secondary N) is 1. The quantitative estimate of drug-likeness (QED) is 0.779. The van der Waals surface area contributed by atoms with E-state index in [4.69, 9.17) is 0 Å². The number of nitrogens with zero attached hydrogens (tertiary/aromatic N) is 1. The Balaban J connectivity index is 1.71. The van der Waals surface area contributed by atoms with Crippen LogP contribution in [0.4, 0.5) is 0 Å². The second-order valence-electron chi connectivity index (χ2n) is 4.36. The van der Waals surface area contributed by atoms with Crippen LogP contribution in [0.5, 0.6) is 0 Å². The Labute approximate surface area is 126 Å². The number of rotatable bonds is 6. The number of hydrogen-bond acceptors (Lipinski definition) is 3. The molecule has 1 atom stereocenters. The van der Waals surface area contributed by atoms with Gasteiger partial charge in [-0.25, -0.2) is 4.98 Å². The molecule has 96 valence electrons. The zero-order valence-corrected chi connectivity index (χ0v) is 13.4. The highest BCUT2D eigenvalue weighted by Crippen LogP contribution is 2.14. The van der Waals surface area contributed by atoms with Crippen molar-refractivity contribution in [3.05, 3.63) is 50.0 Å². The van der Waals surface area contributed by atoms with Crippen LogP contribution in [0.2, 0.25) is 0 Å². The smallest absolute Gasteiger partial charge is 0.107 e. The van der Waals surface area contributed by atoms with Gasteiger partial charge in [0.1, 0.15) is 5.01 Å². The van der Waals surface area contributed by atoms with E-state index in [2.05, 4.69) is 70.1 Å². The second-order valence-corrected chi connectivity index (χ2v) is 7.37. The van der Waals surface area contributed by atoms with Crippen molar-refractivity contribution < 1.29 is 0 Å². The van der Waals surface area contributed by atoms with Gasteiger partial charge < -0.3 is 5.32 Å². The number of halogens is 1. The summed E-state index contributed by atoms with van der Waals surface area (Å²) >= 11 is 4.07. The number of hydrogen-bond donors (Lipinski definition) is 1. The van der Waals surface area contributed by atoms with Gasteiger partial charge in [0.05, 0.1) is 9.08 Å². The van der Waals surface area contributed by atoms with E-state index in [0.29, 0.717) is 6.04 Å². The summed E-state index contributed by atoms with van der Waals surface area (Å²) in [6, 6.07) is 11.2. The highest BCUT2D eigenvalue weighted by molar-refractivity contribution is 14.1. The maximum atomic E-state index is 4.35. The van der Waals surface area contributed by atoms with Crippen LogP contribution in [0.15, 0.2) is 36.5 Å². The van der Waals surface area contributed by atoms with Crippen molar-refractivity contribution >= 4 is 33.9 Å². The molecule has 0 aliphatic rings. The topological polar surface area (TPSA) is 24.9 Å². The minimum atomic E-state index is 0.520. The Morgan fingerprint density at radius 1 is 1.33 bits per heavy atom. The zero-order valence-electron chi connectivity index (χ0n) is 10.4. The summed E-state index contributed by atoms with van der Waals surface area (Å²) < 4.78 is 1.25. The normalized spacial score (nSPS) is 12.6. The lowest BCUT2D eigenvalue weighted by molar-refractivity contribution is 0.513. The predicted octanol–water partition coefficient (Wildman–Crippen LogP) is 3.86. The Bertz CT molecular complexity index is 470. The maximum Gasteiger partial charge on any atom is 0.107 e. The molecule has 0 radical (unpaired) electrons. The lowest BCUT2D eigenvalue weighted by atomic mass is 10.1. The molecular formula is C14H17IN2S. The molecule has 1 N–H and O–H groups in total. The Morgan fingerprint density at radius 3 is 2.78 bits per heavy atom. The number of aromatic nitrogens is 1. The van der Waals surface area contributed by atoms with Crippen molar-refractivity contribution in [2.75, 3.05) is 0 Å². The fourth-order valence-corrected chi connectivity index (χ4v) is 3.25. The Morgan fingerprint density at radius 2 is 2.11 bits per heavy atom. The van der Waals surface area contributed by atoms with Crippen LogP contribution in [0.1, 0.15) is 23.9 Å². The molecule has 4 heteroatoms. The van der Waals surface area contributed by atoms with E-state index in [9.17, 15) is 0 Å². The van der Waals surface area contributed by atoms with Gasteiger partial charge in [-0.3, -0.25) is 0 Å². The number of benzene rings is 1. The third-order valence-electron chi connectivity index (χ3n) is 2.84. The van der Waals surface area contributed by atoms with Crippen LogP contribution in [-0.4, -0.2) is 11.0 Å². The van der Waals surface area contributed by atoms with Crippen molar-refractivity contribution in [3.63, 3.8) is 0 Å². The molecule has 1 aromatic heterocycles. The van der Waals surface area contributed by atoms with Gasteiger partial charge in [0.25, 0.3) is 0 Å². The number of thiazole rings is 1. The molecule has 2 aromatic rings. The molecule has 0 saturated heterocycles. The van der Waals surface area contributed by atoms with Crippen LogP contribution >= 0.6 is 33.9 Å². The van der Waals surface area contributed by atoms with Gasteiger partial charge in [-0.05, 0) is 47.9 Å². The zero-order chi connectivity index (χ0) is 12.8. The first-order valence-electron chi connectivity index (χ1n) is 6.11. The lowest BCUT2D eigenvalue weighted by Gasteiger charge is -2.12. The first kappa shape index (κ1) is 14.0. The van der Waals surface area contributed by atoms with Gasteiger partial charge in [-0.2, -0.15) is 0 Å². The van der Waals surface area contributed by atoms with Crippen molar-refractivity contribution in [1.82, 2.24) is 10.3 Å². The summed E-state index contributed by atoms with van der Waals surface area (Å²) in [4.78, 5) is 4.35. The molecule has 18 heavy (non-hydrogen) atoms. The molecule has 0 amide bonds. The lowest BCUT2D eigenvalue weighted by Crippen LogP contribution is -2.25. The molecule has 0 saturated carbocycles. The molecule has 0 aliphatic heterocycles. The fourth-order valence-electron chi connectivity index (χ4n) is 1.76. The summed E-state index contributed by atoms with van der Waals surface area (Å²) in [5.41, 5.74) is 1.41. The second kappa shape index (κ2) is 7.21. The van der Waals surface area contributed by atoms with Crippen molar-refractivity contribution in [3.8, 4) is 0 Å². The van der Waals surface area contributed by atoms with Gasteiger partial charge >= 0.3 is 0 Å². The molecule has 2 nitrogen and oxygen atoms in total. The van der Waals surface area contributed by atoms with E-state index in [0.717, 1.165) is 19.4 Å². The minimum absolute atomic E-state index is 0.520. The van der Waals surface area contributed by atoms with Gasteiger partial charge in [-0.15, -0.1) is 11.3 Å². The van der Waals surface area contributed by atoms with Crippen molar-refractivity contribution in [2.45, 2.75) is 32.4 Å². The van der Waals surface area contributed by atoms with Crippen molar-refractivity contribution in [1.29, 1.82) is 0 Å². The molecule has 2 rings (SSSR count). The van der Waals surface area contributed by atoms with Gasteiger partial charge in [0.15, 0.2) is 0 Å². The Kier molecular flexibility index (Phi) is 5.59. The highest BCUT2D eigenvalue weighted by Gasteiger charge is 2.04. The summed E-state index contributed by atoms with van der Waals surface area (Å²) in [7, 11) is 0. The molecule has 0 spiro atoms. The Hall–Kier alpha value is -0.460. The molecule has 1 aromatic carbocycles. The van der Waals surface area contributed by atoms with Crippen molar-refractivity contribution in [2.24, 2.45) is 0 Å². The van der Waals surface area contributed by atoms with E-state index < -0.39 is 0 Å². The summed E-state index contributed by atoms with van der Waals surface area (Å²) in [6.07, 6.45) is 4.22. The molecule has 0 bridgehead atoms. The van der Waals surface area contributed by atoms with E-state index in [-0.39, 0.29) is 0 Å². The van der Waals surface area contributed by atoms with Crippen LogP contribution < -0.4 is 5.32 Å². The maximum absolute atomic E-state index is 4.35. The molecule has 0 fully saturated rings. The van der Waals surface area contributed by atoms with Crippen LogP contribution in [-0.2, 0) is 13.0 Å². The van der Waals surface area contributed by atoms with Crippen LogP contribution in [0, 0.1) is 2.88 Å². The van der Waals surface area contributed by atoms with E-state index in [1.165, 1.54) is 13.5 Å². The number of aryl methyl sites for hydroxylation is 1. The van der Waals surface area contributed by atoms with Gasteiger partial charge in [0, 0.05) is 12.6 Å². The van der Waals surface area contributed by atoms with Crippen LogP contribution in [0.3, 0.4) is 0 Å². The first-order valence-corrected chi connectivity index (χ1v) is 8.01. The molecule has 0 aliphatic carbocycles. The highest BCUT2D eigenvalue weighted by atomic mass is 127.